The van der Waals surface area contributed by atoms with Gasteiger partial charge in [0.1, 0.15) is 5.82 Å². The monoisotopic (exact) mass is 257 g/mol. The van der Waals surface area contributed by atoms with Crippen molar-refractivity contribution in [3.05, 3.63) is 36.4 Å². The van der Waals surface area contributed by atoms with Crippen molar-refractivity contribution in [2.75, 3.05) is 0 Å². The van der Waals surface area contributed by atoms with Crippen molar-refractivity contribution in [3.63, 3.8) is 0 Å². The van der Waals surface area contributed by atoms with Crippen molar-refractivity contribution in [1.82, 2.24) is 24.8 Å². The van der Waals surface area contributed by atoms with Gasteiger partial charge in [0.2, 0.25) is 0 Å². The fourth-order valence-corrected chi connectivity index (χ4v) is 1.98. The normalized spacial score (nSPS) is 15.1. The molecule has 19 heavy (non-hydrogen) atoms. The maximum atomic E-state index is 4.71. The van der Waals surface area contributed by atoms with Crippen LogP contribution >= 0.6 is 0 Å². The average molecular weight is 257 g/mol. The Morgan fingerprint density at radius 1 is 1.42 bits per heavy atom. The molecule has 1 aliphatic carbocycles. The lowest BCUT2D eigenvalue weighted by Gasteiger charge is -2.12. The molecule has 1 saturated carbocycles. The van der Waals surface area contributed by atoms with Crippen molar-refractivity contribution < 1.29 is 0 Å². The number of nitrogens with zero attached hydrogens (tertiary/aromatic N) is 4. The maximum absolute atomic E-state index is 4.71. The Kier molecular flexibility index (Phi) is 3.29. The van der Waals surface area contributed by atoms with Crippen LogP contribution in [0, 0.1) is 0 Å². The Morgan fingerprint density at radius 2 is 2.26 bits per heavy atom. The van der Waals surface area contributed by atoms with Crippen LogP contribution < -0.4 is 5.32 Å². The number of aromatic nitrogens is 4. The molecule has 1 N–H and O–H groups in total. The fourth-order valence-electron chi connectivity index (χ4n) is 1.98. The van der Waals surface area contributed by atoms with Gasteiger partial charge in [0.25, 0.3) is 0 Å². The molecular weight excluding hydrogens is 238 g/mol. The molecule has 0 aliphatic heterocycles. The maximum Gasteiger partial charge on any atom is 0.131 e. The summed E-state index contributed by atoms with van der Waals surface area (Å²) in [6.07, 6.45) is 9.94. The molecule has 0 spiro atoms. The summed E-state index contributed by atoms with van der Waals surface area (Å²) < 4.78 is 1.97. The van der Waals surface area contributed by atoms with Crippen LogP contribution in [0.4, 0.5) is 0 Å². The van der Waals surface area contributed by atoms with Crippen molar-refractivity contribution in [2.45, 2.75) is 45.2 Å². The minimum Gasteiger partial charge on any atom is -0.308 e. The number of imidazole rings is 1. The highest BCUT2D eigenvalue weighted by atomic mass is 15.1. The molecule has 1 fully saturated rings. The quantitative estimate of drug-likeness (QED) is 0.890. The standard InChI is InChI=1S/C14H19N5/c1-10(2)14-17-8-13(19-6-5-15-9-19)12(18-14)7-16-11-3-4-11/h5-6,8-11,16H,3-4,7H2,1-2H3. The third-order valence-corrected chi connectivity index (χ3v) is 3.30. The van der Waals surface area contributed by atoms with Gasteiger partial charge in [-0.2, -0.15) is 0 Å². The second-order valence-electron chi connectivity index (χ2n) is 5.34. The number of hydrogen-bond acceptors (Lipinski definition) is 4. The lowest BCUT2D eigenvalue weighted by molar-refractivity contribution is 0.654. The van der Waals surface area contributed by atoms with Crippen LogP contribution in [-0.2, 0) is 6.54 Å². The first-order chi connectivity index (χ1) is 9.24. The second kappa shape index (κ2) is 5.09. The highest BCUT2D eigenvalue weighted by molar-refractivity contribution is 5.34. The van der Waals surface area contributed by atoms with Crippen LogP contribution in [0.2, 0.25) is 0 Å². The van der Waals surface area contributed by atoms with E-state index in [2.05, 4.69) is 29.1 Å². The predicted octanol–water partition coefficient (Wildman–Crippen LogP) is 2.04. The minimum atomic E-state index is 0.344. The van der Waals surface area contributed by atoms with E-state index >= 15 is 0 Å². The van der Waals surface area contributed by atoms with E-state index in [4.69, 9.17) is 4.98 Å². The summed E-state index contributed by atoms with van der Waals surface area (Å²) in [6, 6.07) is 0.674. The first-order valence-electron chi connectivity index (χ1n) is 6.81. The van der Waals surface area contributed by atoms with Gasteiger partial charge in [-0.25, -0.2) is 15.0 Å². The second-order valence-corrected chi connectivity index (χ2v) is 5.34. The molecule has 3 rings (SSSR count). The summed E-state index contributed by atoms with van der Waals surface area (Å²) >= 11 is 0. The van der Waals surface area contributed by atoms with Crippen molar-refractivity contribution in [3.8, 4) is 5.69 Å². The molecule has 0 aromatic carbocycles. The molecule has 0 radical (unpaired) electrons. The molecule has 0 amide bonds. The van der Waals surface area contributed by atoms with Gasteiger partial charge in [-0.15, -0.1) is 0 Å². The predicted molar refractivity (Wildman–Crippen MR) is 73.1 cm³/mol. The first kappa shape index (κ1) is 12.3. The van der Waals surface area contributed by atoms with E-state index in [1.54, 1.807) is 12.5 Å². The molecule has 5 heteroatoms. The van der Waals surface area contributed by atoms with Crippen LogP contribution in [-0.4, -0.2) is 25.6 Å². The van der Waals surface area contributed by atoms with E-state index in [1.165, 1.54) is 12.8 Å². The van der Waals surface area contributed by atoms with E-state index in [-0.39, 0.29) is 0 Å². The Hall–Kier alpha value is -1.75. The lowest BCUT2D eigenvalue weighted by Crippen LogP contribution is -2.19. The Bertz CT molecular complexity index is 543. The van der Waals surface area contributed by atoms with Crippen LogP contribution in [0.15, 0.2) is 24.9 Å². The van der Waals surface area contributed by atoms with Gasteiger partial charge in [0.05, 0.1) is 23.9 Å². The number of nitrogens with one attached hydrogen (secondary N) is 1. The van der Waals surface area contributed by atoms with Crippen LogP contribution in [0.1, 0.15) is 44.1 Å². The molecule has 2 heterocycles. The van der Waals surface area contributed by atoms with Gasteiger partial charge in [-0.3, -0.25) is 0 Å². The van der Waals surface area contributed by atoms with E-state index in [1.807, 2.05) is 17.0 Å². The zero-order chi connectivity index (χ0) is 13.2. The Morgan fingerprint density at radius 3 is 2.89 bits per heavy atom. The summed E-state index contributed by atoms with van der Waals surface area (Å²) in [7, 11) is 0. The molecule has 2 aromatic heterocycles. The lowest BCUT2D eigenvalue weighted by atomic mass is 10.2. The van der Waals surface area contributed by atoms with Gasteiger partial charge in [0, 0.05) is 30.9 Å². The number of rotatable bonds is 5. The zero-order valence-corrected chi connectivity index (χ0v) is 11.4. The van der Waals surface area contributed by atoms with E-state index in [9.17, 15) is 0 Å². The smallest absolute Gasteiger partial charge is 0.131 e. The van der Waals surface area contributed by atoms with E-state index in [0.29, 0.717) is 12.0 Å². The molecule has 2 aromatic rings. The largest absolute Gasteiger partial charge is 0.308 e. The SMILES string of the molecule is CC(C)c1ncc(-n2ccnc2)c(CNC2CC2)n1. The van der Waals surface area contributed by atoms with E-state index < -0.39 is 0 Å². The first-order valence-corrected chi connectivity index (χ1v) is 6.81. The van der Waals surface area contributed by atoms with Crippen LogP contribution in [0.3, 0.4) is 0 Å². The topological polar surface area (TPSA) is 55.6 Å². The van der Waals surface area contributed by atoms with Gasteiger partial charge >= 0.3 is 0 Å². The molecule has 0 atom stereocenters. The third-order valence-electron chi connectivity index (χ3n) is 3.30. The van der Waals surface area contributed by atoms with Crippen molar-refractivity contribution in [2.24, 2.45) is 0 Å². The highest BCUT2D eigenvalue weighted by Crippen LogP contribution is 2.21. The molecule has 0 unspecified atom stereocenters. The minimum absolute atomic E-state index is 0.344. The van der Waals surface area contributed by atoms with Crippen molar-refractivity contribution in [1.29, 1.82) is 0 Å². The number of hydrogen-bond donors (Lipinski definition) is 1. The summed E-state index contributed by atoms with van der Waals surface area (Å²) in [5, 5.41) is 3.52. The zero-order valence-electron chi connectivity index (χ0n) is 11.4. The molecule has 0 saturated heterocycles. The average Bonchev–Trinajstić information content (AvgIpc) is 3.08. The summed E-state index contributed by atoms with van der Waals surface area (Å²) in [5.74, 6) is 1.24. The molecular formula is C14H19N5. The fraction of sp³-hybridized carbons (Fsp3) is 0.500. The third kappa shape index (κ3) is 2.81. The Labute approximate surface area is 113 Å². The van der Waals surface area contributed by atoms with Crippen molar-refractivity contribution >= 4 is 0 Å². The molecule has 5 nitrogen and oxygen atoms in total. The van der Waals surface area contributed by atoms with Gasteiger partial charge in [-0.05, 0) is 12.8 Å². The summed E-state index contributed by atoms with van der Waals surface area (Å²) in [4.78, 5) is 13.2. The highest BCUT2D eigenvalue weighted by Gasteiger charge is 2.21. The molecule has 0 bridgehead atoms. The summed E-state index contributed by atoms with van der Waals surface area (Å²) in [5.41, 5.74) is 2.05. The summed E-state index contributed by atoms with van der Waals surface area (Å²) in [6.45, 7) is 5.02. The van der Waals surface area contributed by atoms with Crippen LogP contribution in [0.5, 0.6) is 0 Å². The van der Waals surface area contributed by atoms with Gasteiger partial charge < -0.3 is 9.88 Å². The van der Waals surface area contributed by atoms with Gasteiger partial charge in [0.15, 0.2) is 0 Å². The van der Waals surface area contributed by atoms with Crippen LogP contribution in [0.25, 0.3) is 5.69 Å². The van der Waals surface area contributed by atoms with Gasteiger partial charge in [-0.1, -0.05) is 13.8 Å². The molecule has 1 aliphatic rings. The Balaban J connectivity index is 1.91. The van der Waals surface area contributed by atoms with E-state index in [0.717, 1.165) is 23.8 Å². The molecule has 100 valence electrons.